The molecule has 0 aliphatic carbocycles. The van der Waals surface area contributed by atoms with Crippen LogP contribution in [0.2, 0.25) is 0 Å². The Morgan fingerprint density at radius 1 is 1.30 bits per heavy atom. The second kappa shape index (κ2) is 5.54. The molecule has 0 unspecified atom stereocenters. The highest BCUT2D eigenvalue weighted by molar-refractivity contribution is 9.10. The molecule has 2 aliphatic heterocycles. The third kappa shape index (κ3) is 2.58. The third-order valence-corrected chi connectivity index (χ3v) is 4.22. The van der Waals surface area contributed by atoms with E-state index in [2.05, 4.69) is 21.2 Å². The van der Waals surface area contributed by atoms with Crippen molar-refractivity contribution in [1.82, 2.24) is 0 Å². The fraction of sp³-hybridized carbons (Fsp3) is 0.429. The maximum Gasteiger partial charge on any atom is 0.262 e. The molecule has 106 valence electrons. The van der Waals surface area contributed by atoms with E-state index in [1.165, 1.54) is 0 Å². The van der Waals surface area contributed by atoms with Crippen molar-refractivity contribution in [3.63, 3.8) is 0 Å². The van der Waals surface area contributed by atoms with Crippen LogP contribution in [-0.4, -0.2) is 31.5 Å². The summed E-state index contributed by atoms with van der Waals surface area (Å²) in [6, 6.07) is 3.43. The molecule has 3 rings (SSSR count). The molecule has 2 aliphatic rings. The third-order valence-electron chi connectivity index (χ3n) is 3.56. The van der Waals surface area contributed by atoms with E-state index in [1.54, 1.807) is 12.1 Å². The lowest BCUT2D eigenvalue weighted by Crippen LogP contribution is -2.27. The number of carbonyl (C=O) groups excluding carboxylic acids is 2. The van der Waals surface area contributed by atoms with E-state index in [9.17, 15) is 9.59 Å². The molecule has 1 saturated heterocycles. The number of amides is 1. The quantitative estimate of drug-likeness (QED) is 0.840. The molecule has 2 heterocycles. The lowest BCUT2D eigenvalue weighted by Gasteiger charge is -2.23. The molecule has 20 heavy (non-hydrogen) atoms. The van der Waals surface area contributed by atoms with Crippen molar-refractivity contribution < 1.29 is 19.1 Å². The second-order valence-corrected chi connectivity index (χ2v) is 5.77. The van der Waals surface area contributed by atoms with E-state index in [-0.39, 0.29) is 24.2 Å². The SMILES string of the molecule is O=C1COc2cc(C(=O)C3CCOCC3)c(Br)cc2N1. The number of benzene rings is 1. The minimum atomic E-state index is -0.187. The van der Waals surface area contributed by atoms with Crippen LogP contribution >= 0.6 is 15.9 Å². The Labute approximate surface area is 124 Å². The molecule has 1 amide bonds. The highest BCUT2D eigenvalue weighted by atomic mass is 79.9. The van der Waals surface area contributed by atoms with Gasteiger partial charge in [-0.3, -0.25) is 9.59 Å². The molecule has 1 fully saturated rings. The van der Waals surface area contributed by atoms with Gasteiger partial charge in [0.2, 0.25) is 0 Å². The van der Waals surface area contributed by atoms with Crippen LogP contribution in [0.1, 0.15) is 23.2 Å². The van der Waals surface area contributed by atoms with E-state index in [0.717, 1.165) is 12.8 Å². The molecular formula is C14H14BrNO4. The van der Waals surface area contributed by atoms with Crippen LogP contribution in [0.15, 0.2) is 16.6 Å². The summed E-state index contributed by atoms with van der Waals surface area (Å²) < 4.78 is 11.3. The van der Waals surface area contributed by atoms with Gasteiger partial charge in [-0.05, 0) is 40.9 Å². The Hall–Kier alpha value is -1.40. The summed E-state index contributed by atoms with van der Waals surface area (Å²) in [5, 5.41) is 2.72. The van der Waals surface area contributed by atoms with Gasteiger partial charge < -0.3 is 14.8 Å². The number of ether oxygens (including phenoxy) is 2. The summed E-state index contributed by atoms with van der Waals surface area (Å²) in [4.78, 5) is 23.8. The molecule has 1 aromatic rings. The first kappa shape index (κ1) is 13.6. The molecule has 0 saturated carbocycles. The standard InChI is InChI=1S/C14H14BrNO4/c15-10-6-11-12(20-7-13(17)16-11)5-9(10)14(18)8-1-3-19-4-2-8/h5-6,8H,1-4,7H2,(H,16,17). The summed E-state index contributed by atoms with van der Waals surface area (Å²) in [6.07, 6.45) is 1.50. The molecule has 1 N–H and O–H groups in total. The number of Topliss-reactive ketones (excluding diaryl/α,β-unsaturated/α-hetero) is 1. The zero-order valence-corrected chi connectivity index (χ0v) is 12.4. The fourth-order valence-electron chi connectivity index (χ4n) is 2.47. The van der Waals surface area contributed by atoms with Crippen molar-refractivity contribution in [2.75, 3.05) is 25.1 Å². The molecule has 0 atom stereocenters. The van der Waals surface area contributed by atoms with E-state index >= 15 is 0 Å². The molecule has 1 aromatic carbocycles. The van der Waals surface area contributed by atoms with Crippen molar-refractivity contribution in [3.05, 3.63) is 22.2 Å². The number of hydrogen-bond donors (Lipinski definition) is 1. The smallest absolute Gasteiger partial charge is 0.262 e. The van der Waals surface area contributed by atoms with Gasteiger partial charge in [0.15, 0.2) is 12.4 Å². The van der Waals surface area contributed by atoms with Gasteiger partial charge >= 0.3 is 0 Å². The molecule has 0 spiro atoms. The minimum Gasteiger partial charge on any atom is -0.482 e. The molecule has 5 nitrogen and oxygen atoms in total. The first-order valence-electron chi connectivity index (χ1n) is 6.53. The van der Waals surface area contributed by atoms with Gasteiger partial charge in [0, 0.05) is 29.2 Å². The molecular weight excluding hydrogens is 326 g/mol. The lowest BCUT2D eigenvalue weighted by atomic mass is 9.91. The van der Waals surface area contributed by atoms with Gasteiger partial charge in [-0.15, -0.1) is 0 Å². The van der Waals surface area contributed by atoms with Crippen LogP contribution in [0.5, 0.6) is 5.75 Å². The van der Waals surface area contributed by atoms with Gasteiger partial charge in [0.1, 0.15) is 5.75 Å². The summed E-state index contributed by atoms with van der Waals surface area (Å²) in [5.41, 5.74) is 1.20. The average molecular weight is 340 g/mol. The fourth-order valence-corrected chi connectivity index (χ4v) is 3.01. The van der Waals surface area contributed by atoms with Crippen LogP contribution in [0.4, 0.5) is 5.69 Å². The topological polar surface area (TPSA) is 64.6 Å². The maximum absolute atomic E-state index is 12.5. The van der Waals surface area contributed by atoms with Gasteiger partial charge in [-0.2, -0.15) is 0 Å². The number of rotatable bonds is 2. The Balaban J connectivity index is 1.89. The van der Waals surface area contributed by atoms with Crippen LogP contribution < -0.4 is 10.1 Å². The number of hydrogen-bond acceptors (Lipinski definition) is 4. The van der Waals surface area contributed by atoms with Crippen LogP contribution in [0.3, 0.4) is 0 Å². The molecule has 0 radical (unpaired) electrons. The number of ketones is 1. The zero-order chi connectivity index (χ0) is 14.1. The Kier molecular flexibility index (Phi) is 3.76. The number of fused-ring (bicyclic) bond motifs is 1. The Morgan fingerprint density at radius 3 is 2.80 bits per heavy atom. The summed E-state index contributed by atoms with van der Waals surface area (Å²) in [6.45, 7) is 1.25. The van der Waals surface area contributed by atoms with Gasteiger partial charge in [-0.1, -0.05) is 0 Å². The van der Waals surface area contributed by atoms with Crippen molar-refractivity contribution in [2.24, 2.45) is 5.92 Å². The highest BCUT2D eigenvalue weighted by Gasteiger charge is 2.26. The second-order valence-electron chi connectivity index (χ2n) is 4.92. The highest BCUT2D eigenvalue weighted by Crippen LogP contribution is 2.35. The van der Waals surface area contributed by atoms with E-state index in [4.69, 9.17) is 9.47 Å². The van der Waals surface area contributed by atoms with Crippen molar-refractivity contribution in [1.29, 1.82) is 0 Å². The number of nitrogens with one attached hydrogen (secondary N) is 1. The Morgan fingerprint density at radius 2 is 2.05 bits per heavy atom. The number of halogens is 1. The van der Waals surface area contributed by atoms with E-state index in [1.807, 2.05) is 0 Å². The lowest BCUT2D eigenvalue weighted by molar-refractivity contribution is -0.118. The monoisotopic (exact) mass is 339 g/mol. The maximum atomic E-state index is 12.5. The first-order valence-corrected chi connectivity index (χ1v) is 7.32. The molecule has 6 heteroatoms. The Bertz CT molecular complexity index is 567. The van der Waals surface area contributed by atoms with E-state index < -0.39 is 0 Å². The van der Waals surface area contributed by atoms with Crippen molar-refractivity contribution in [3.8, 4) is 5.75 Å². The van der Waals surface area contributed by atoms with Crippen LogP contribution in [-0.2, 0) is 9.53 Å². The predicted octanol–water partition coefficient (Wildman–Crippen LogP) is 2.39. The van der Waals surface area contributed by atoms with E-state index in [0.29, 0.717) is 34.7 Å². The normalized spacial score (nSPS) is 18.9. The van der Waals surface area contributed by atoms with Crippen molar-refractivity contribution in [2.45, 2.75) is 12.8 Å². The van der Waals surface area contributed by atoms with Crippen LogP contribution in [0.25, 0.3) is 0 Å². The van der Waals surface area contributed by atoms with Gasteiger partial charge in [-0.25, -0.2) is 0 Å². The largest absolute Gasteiger partial charge is 0.482 e. The van der Waals surface area contributed by atoms with Gasteiger partial charge in [0.05, 0.1) is 5.69 Å². The molecule has 0 aromatic heterocycles. The number of carbonyl (C=O) groups is 2. The molecule has 0 bridgehead atoms. The summed E-state index contributed by atoms with van der Waals surface area (Å²) in [5.74, 6) is 0.455. The number of anilines is 1. The zero-order valence-electron chi connectivity index (χ0n) is 10.8. The summed E-state index contributed by atoms with van der Waals surface area (Å²) >= 11 is 3.40. The van der Waals surface area contributed by atoms with Crippen LogP contribution in [0, 0.1) is 5.92 Å². The minimum absolute atomic E-state index is 0.00344. The van der Waals surface area contributed by atoms with Crippen molar-refractivity contribution >= 4 is 33.3 Å². The first-order chi connectivity index (χ1) is 9.65. The predicted molar refractivity (Wildman–Crippen MR) is 76.1 cm³/mol. The summed E-state index contributed by atoms with van der Waals surface area (Å²) in [7, 11) is 0. The van der Waals surface area contributed by atoms with Gasteiger partial charge in [0.25, 0.3) is 5.91 Å². The average Bonchev–Trinajstić information content (AvgIpc) is 2.46.